The van der Waals surface area contributed by atoms with Crippen molar-refractivity contribution in [2.75, 3.05) is 23.5 Å². The molecule has 0 radical (unpaired) electrons. The Hall–Kier alpha value is -4.31. The first-order valence-electron chi connectivity index (χ1n) is 12.6. The van der Waals surface area contributed by atoms with Gasteiger partial charge < -0.3 is 10.2 Å². The Morgan fingerprint density at radius 3 is 2.45 bits per heavy atom. The minimum atomic E-state index is -3.80. The smallest absolute Gasteiger partial charge is 0.175 e. The Balaban J connectivity index is 1.65. The van der Waals surface area contributed by atoms with Gasteiger partial charge >= 0.3 is 0 Å². The number of rotatable bonds is 6. The van der Waals surface area contributed by atoms with E-state index in [0.29, 0.717) is 41.7 Å². The number of amidine groups is 1. The molecule has 13 heteroatoms. The number of aromatic nitrogens is 4. The molecule has 40 heavy (non-hydrogen) atoms. The fourth-order valence-electron chi connectivity index (χ4n) is 4.71. The van der Waals surface area contributed by atoms with E-state index in [4.69, 9.17) is 4.99 Å². The predicted octanol–water partition coefficient (Wildman–Crippen LogP) is 4.45. The minimum absolute atomic E-state index is 0.164. The summed E-state index contributed by atoms with van der Waals surface area (Å²) in [5.74, 6) is -0.510. The molecule has 2 aliphatic rings. The van der Waals surface area contributed by atoms with Gasteiger partial charge in [-0.2, -0.15) is 15.5 Å². The second-order valence-electron chi connectivity index (χ2n) is 10.00. The monoisotopic (exact) mass is 566 g/mol. The van der Waals surface area contributed by atoms with Crippen molar-refractivity contribution in [2.24, 2.45) is 18.0 Å². The molecule has 5 rings (SSSR count). The Morgan fingerprint density at radius 2 is 1.90 bits per heavy atom. The van der Waals surface area contributed by atoms with Gasteiger partial charge in [0.15, 0.2) is 27.3 Å². The Morgan fingerprint density at radius 1 is 1.20 bits per heavy atom. The first kappa shape index (κ1) is 27.3. The zero-order valence-electron chi connectivity index (χ0n) is 22.5. The molecule has 1 saturated carbocycles. The molecule has 3 heterocycles. The summed E-state index contributed by atoms with van der Waals surface area (Å²) >= 11 is 0. The van der Waals surface area contributed by atoms with Crippen LogP contribution in [0.4, 0.5) is 20.3 Å². The van der Waals surface area contributed by atoms with Gasteiger partial charge in [-0.25, -0.2) is 22.2 Å². The second-order valence-corrected chi connectivity index (χ2v) is 12.0. The van der Waals surface area contributed by atoms with Crippen LogP contribution in [-0.4, -0.2) is 47.5 Å². The molecule has 10 nitrogen and oxygen atoms in total. The lowest BCUT2D eigenvalue weighted by atomic mass is 9.95. The molecule has 208 valence electrons. The van der Waals surface area contributed by atoms with E-state index in [1.807, 2.05) is 19.1 Å². The maximum atomic E-state index is 15.2. The highest BCUT2D eigenvalue weighted by molar-refractivity contribution is 7.90. The van der Waals surface area contributed by atoms with Crippen molar-refractivity contribution in [1.29, 1.82) is 5.26 Å². The molecule has 0 saturated heterocycles. The van der Waals surface area contributed by atoms with E-state index < -0.39 is 32.1 Å². The maximum absolute atomic E-state index is 15.2. The number of aromatic amines is 1. The van der Waals surface area contributed by atoms with E-state index in [-0.39, 0.29) is 5.92 Å². The van der Waals surface area contributed by atoms with Crippen molar-refractivity contribution >= 4 is 32.8 Å². The summed E-state index contributed by atoms with van der Waals surface area (Å²) in [6.45, 7) is 1.86. The van der Waals surface area contributed by atoms with E-state index in [1.165, 1.54) is 16.6 Å². The number of hydrogen-bond donors (Lipinski definition) is 2. The summed E-state index contributed by atoms with van der Waals surface area (Å²) in [6.07, 6.45) is 5.54. The van der Waals surface area contributed by atoms with E-state index in [9.17, 15) is 13.7 Å². The van der Waals surface area contributed by atoms with Crippen LogP contribution in [0.1, 0.15) is 42.8 Å². The topological polar surface area (TPSA) is 132 Å². The van der Waals surface area contributed by atoms with Crippen molar-refractivity contribution in [3.8, 4) is 6.07 Å². The van der Waals surface area contributed by atoms with Crippen LogP contribution in [0.2, 0.25) is 0 Å². The van der Waals surface area contributed by atoms with Crippen LogP contribution in [0.3, 0.4) is 0 Å². The first-order chi connectivity index (χ1) is 19.0. The number of H-pyrrole nitrogens is 1. The van der Waals surface area contributed by atoms with Crippen molar-refractivity contribution in [1.82, 2.24) is 20.0 Å². The predicted molar refractivity (Wildman–Crippen MR) is 147 cm³/mol. The summed E-state index contributed by atoms with van der Waals surface area (Å²) in [7, 11) is -0.597. The molecule has 0 bridgehead atoms. The van der Waals surface area contributed by atoms with Gasteiger partial charge in [0, 0.05) is 55.7 Å². The SMILES string of the molecule is Cc1cc(NC2=C(C3CC3)/C(c3cc(C#N)n(C)n3)=C\CC/C(N(C)c3c(F)cc(S(C)(=O)=O)cc3F)=N\2)n[nH]1. The summed E-state index contributed by atoms with van der Waals surface area (Å²) in [5, 5.41) is 24.5. The fourth-order valence-corrected chi connectivity index (χ4v) is 5.34. The van der Waals surface area contributed by atoms with Crippen molar-refractivity contribution in [2.45, 2.75) is 37.5 Å². The number of nitrogens with zero attached hydrogens (tertiary/aromatic N) is 6. The Labute approximate surface area is 230 Å². The van der Waals surface area contributed by atoms with Crippen LogP contribution in [0.15, 0.2) is 51.6 Å². The Kier molecular flexibility index (Phi) is 7.05. The molecular weight excluding hydrogens is 538 g/mol. The van der Waals surface area contributed by atoms with E-state index in [0.717, 1.165) is 48.1 Å². The maximum Gasteiger partial charge on any atom is 0.175 e. The van der Waals surface area contributed by atoms with E-state index in [2.05, 4.69) is 26.7 Å². The summed E-state index contributed by atoms with van der Waals surface area (Å²) in [6, 6.07) is 7.33. The molecule has 1 aliphatic heterocycles. The minimum Gasteiger partial charge on any atom is -0.328 e. The molecule has 2 N–H and O–H groups in total. The zero-order chi connectivity index (χ0) is 28.8. The van der Waals surface area contributed by atoms with Crippen LogP contribution in [0.5, 0.6) is 0 Å². The zero-order valence-corrected chi connectivity index (χ0v) is 23.3. The molecule has 0 unspecified atom stereocenters. The highest BCUT2D eigenvalue weighted by atomic mass is 32.2. The third-order valence-corrected chi connectivity index (χ3v) is 7.94. The van der Waals surface area contributed by atoms with Crippen LogP contribution >= 0.6 is 0 Å². The van der Waals surface area contributed by atoms with Gasteiger partial charge in [0.25, 0.3) is 0 Å². The second kappa shape index (κ2) is 10.3. The molecule has 0 atom stereocenters. The lowest BCUT2D eigenvalue weighted by molar-refractivity contribution is 0.570. The average molecular weight is 567 g/mol. The van der Waals surface area contributed by atoms with Crippen molar-refractivity contribution < 1.29 is 17.2 Å². The molecule has 1 aliphatic carbocycles. The number of nitriles is 1. The number of aryl methyl sites for hydroxylation is 2. The number of hydrogen-bond acceptors (Lipinski definition) is 8. The van der Waals surface area contributed by atoms with Gasteiger partial charge in [0.2, 0.25) is 0 Å². The van der Waals surface area contributed by atoms with Gasteiger partial charge in [0.05, 0.1) is 10.6 Å². The summed E-state index contributed by atoms with van der Waals surface area (Å²) < 4.78 is 55.6. The number of sulfone groups is 1. The van der Waals surface area contributed by atoms with Gasteiger partial charge in [0.1, 0.15) is 29.1 Å². The van der Waals surface area contributed by atoms with Crippen LogP contribution < -0.4 is 10.2 Å². The lowest BCUT2D eigenvalue weighted by Gasteiger charge is -2.26. The summed E-state index contributed by atoms with van der Waals surface area (Å²) in [4.78, 5) is 5.78. The number of aliphatic imine (C=N–C) groups is 1. The standard InChI is InChI=1S/C27H28F2N8O2S/c1-15-10-23(34-33-15)31-27-25(16-8-9-16)19(22-11-17(14-30)37(3)35-22)6-5-7-24(32-27)36(2)26-20(28)12-18(13-21(26)29)40(4,38)39/h6,10-13,16H,5,7-9H2,1-4H3,(H2,31,33,34)/b19-6-,27-25-,32-24+. The molecule has 2 aromatic heterocycles. The lowest BCUT2D eigenvalue weighted by Crippen LogP contribution is -2.29. The number of benzene rings is 1. The highest BCUT2D eigenvalue weighted by Gasteiger charge is 2.34. The van der Waals surface area contributed by atoms with Gasteiger partial charge in [-0.05, 0) is 44.2 Å². The molecule has 0 spiro atoms. The molecule has 1 fully saturated rings. The number of allylic oxidation sites excluding steroid dienone is 3. The van der Waals surface area contributed by atoms with Crippen LogP contribution in [-0.2, 0) is 16.9 Å². The Bertz CT molecular complexity index is 1720. The van der Waals surface area contributed by atoms with Gasteiger partial charge in [-0.3, -0.25) is 9.78 Å². The average Bonchev–Trinajstić information content (AvgIpc) is 3.50. The van der Waals surface area contributed by atoms with Crippen LogP contribution in [0.25, 0.3) is 5.57 Å². The third-order valence-electron chi connectivity index (χ3n) is 6.85. The third kappa shape index (κ3) is 5.40. The largest absolute Gasteiger partial charge is 0.328 e. The molecule has 3 aromatic rings. The fraction of sp³-hybridized carbons (Fsp3) is 0.333. The van der Waals surface area contributed by atoms with Crippen molar-refractivity contribution in [3.63, 3.8) is 0 Å². The number of halogens is 2. The first-order valence-corrected chi connectivity index (χ1v) is 14.5. The van der Waals surface area contributed by atoms with E-state index >= 15 is 8.78 Å². The molecular formula is C27H28F2N8O2S. The number of anilines is 2. The quantitative estimate of drug-likeness (QED) is 0.451. The molecule has 1 aromatic carbocycles. The van der Waals surface area contributed by atoms with Crippen molar-refractivity contribution in [3.05, 3.63) is 70.5 Å². The normalized spacial score (nSPS) is 20.5. The van der Waals surface area contributed by atoms with Crippen LogP contribution in [0, 0.1) is 35.8 Å². The van der Waals surface area contributed by atoms with E-state index in [1.54, 1.807) is 13.1 Å². The highest BCUT2D eigenvalue weighted by Crippen LogP contribution is 2.46. The van der Waals surface area contributed by atoms with Gasteiger partial charge in [-0.1, -0.05) is 6.08 Å². The summed E-state index contributed by atoms with van der Waals surface area (Å²) in [5.41, 5.74) is 3.20. The molecule has 0 amide bonds. The number of nitrogens with one attached hydrogen (secondary N) is 2. The van der Waals surface area contributed by atoms with Gasteiger partial charge in [-0.15, -0.1) is 0 Å².